The van der Waals surface area contributed by atoms with Crippen LogP contribution in [0, 0.1) is 11.3 Å². The van der Waals surface area contributed by atoms with E-state index in [1.54, 1.807) is 0 Å². The summed E-state index contributed by atoms with van der Waals surface area (Å²) in [7, 11) is 0. The van der Waals surface area contributed by atoms with E-state index in [2.05, 4.69) is 11.3 Å². The number of fused-ring (bicyclic) bond motifs is 2. The van der Waals surface area contributed by atoms with Gasteiger partial charge in [-0.1, -0.05) is 20.4 Å². The van der Waals surface area contributed by atoms with Crippen LogP contribution in [0.25, 0.3) is 0 Å². The SMILES string of the molecule is C=C(C(=O)OCC(=O)OC1C2OC(=O)CC1(CC)C2C)C(F)(F)F. The number of rotatable bonds is 5. The first kappa shape index (κ1) is 18.3. The van der Waals surface area contributed by atoms with Gasteiger partial charge in [0.25, 0.3) is 0 Å². The molecule has 2 bridgehead atoms. The van der Waals surface area contributed by atoms with E-state index in [9.17, 15) is 27.6 Å². The average Bonchev–Trinajstić information content (AvgIpc) is 2.51. The van der Waals surface area contributed by atoms with E-state index in [1.165, 1.54) is 0 Å². The van der Waals surface area contributed by atoms with Gasteiger partial charge in [0, 0.05) is 11.3 Å². The molecule has 1 aliphatic carbocycles. The number of ether oxygens (including phenoxy) is 3. The van der Waals surface area contributed by atoms with Crippen molar-refractivity contribution in [3.63, 3.8) is 0 Å². The highest BCUT2D eigenvalue weighted by molar-refractivity contribution is 5.90. The normalized spacial score (nSPS) is 31.5. The molecule has 2 aliphatic heterocycles. The van der Waals surface area contributed by atoms with Crippen LogP contribution in [0.4, 0.5) is 13.2 Å². The van der Waals surface area contributed by atoms with Gasteiger partial charge in [-0.3, -0.25) is 4.79 Å². The number of carbonyl (C=O) groups is 3. The molecule has 0 N–H and O–H groups in total. The van der Waals surface area contributed by atoms with Gasteiger partial charge in [0.2, 0.25) is 0 Å². The van der Waals surface area contributed by atoms with E-state index in [1.807, 2.05) is 13.8 Å². The lowest BCUT2D eigenvalue weighted by Gasteiger charge is -2.60. The molecule has 0 spiro atoms. The van der Waals surface area contributed by atoms with Crippen molar-refractivity contribution in [3.05, 3.63) is 12.2 Å². The molecule has 4 atom stereocenters. The largest absolute Gasteiger partial charge is 0.458 e. The monoisotopic (exact) mass is 350 g/mol. The third-order valence-electron chi connectivity index (χ3n) is 4.83. The maximum absolute atomic E-state index is 12.3. The Kier molecular flexibility index (Phi) is 4.65. The van der Waals surface area contributed by atoms with E-state index in [0.717, 1.165) is 0 Å². The van der Waals surface area contributed by atoms with Crippen molar-refractivity contribution in [2.75, 3.05) is 6.61 Å². The van der Waals surface area contributed by atoms with Crippen LogP contribution >= 0.6 is 0 Å². The smallest absolute Gasteiger partial charge is 0.422 e. The van der Waals surface area contributed by atoms with Crippen molar-refractivity contribution in [2.45, 2.75) is 45.1 Å². The molecular weight excluding hydrogens is 333 g/mol. The Bertz CT molecular complexity index is 584. The van der Waals surface area contributed by atoms with Crippen molar-refractivity contribution >= 4 is 17.9 Å². The molecule has 0 aromatic rings. The molecule has 3 aliphatic rings. The summed E-state index contributed by atoms with van der Waals surface area (Å²) in [6.45, 7) is 5.32. The predicted octanol–water partition coefficient (Wildman–Crippen LogP) is 1.92. The van der Waals surface area contributed by atoms with Gasteiger partial charge in [-0.15, -0.1) is 0 Å². The fourth-order valence-electron chi connectivity index (χ4n) is 3.28. The molecular formula is C15H17F3O6. The molecule has 1 saturated carbocycles. The van der Waals surface area contributed by atoms with Crippen molar-refractivity contribution in [1.82, 2.24) is 0 Å². The Balaban J connectivity index is 1.91. The molecule has 3 fully saturated rings. The van der Waals surface area contributed by atoms with Gasteiger partial charge in [0.1, 0.15) is 17.8 Å². The summed E-state index contributed by atoms with van der Waals surface area (Å²) < 4.78 is 51.4. The summed E-state index contributed by atoms with van der Waals surface area (Å²) in [6, 6.07) is 0. The number of carbonyl (C=O) groups excluding carboxylic acids is 3. The van der Waals surface area contributed by atoms with Crippen molar-refractivity contribution in [2.24, 2.45) is 11.3 Å². The van der Waals surface area contributed by atoms with Crippen LogP contribution in [0.5, 0.6) is 0 Å². The first-order valence-electron chi connectivity index (χ1n) is 7.35. The van der Waals surface area contributed by atoms with Crippen LogP contribution in [0.1, 0.15) is 26.7 Å². The van der Waals surface area contributed by atoms with Gasteiger partial charge < -0.3 is 14.2 Å². The molecule has 6 nitrogen and oxygen atoms in total. The number of halogens is 3. The van der Waals surface area contributed by atoms with E-state index in [4.69, 9.17) is 9.47 Å². The van der Waals surface area contributed by atoms with Crippen LogP contribution in [0.2, 0.25) is 0 Å². The Morgan fingerprint density at radius 2 is 2.04 bits per heavy atom. The number of esters is 3. The molecule has 0 aromatic carbocycles. The molecule has 0 aromatic heterocycles. The second-order valence-corrected chi connectivity index (χ2v) is 5.97. The predicted molar refractivity (Wildman–Crippen MR) is 72.4 cm³/mol. The van der Waals surface area contributed by atoms with E-state index < -0.39 is 47.9 Å². The molecule has 0 radical (unpaired) electrons. The number of hydrogen-bond donors (Lipinski definition) is 0. The molecule has 24 heavy (non-hydrogen) atoms. The highest BCUT2D eigenvalue weighted by Crippen LogP contribution is 2.58. The molecule has 0 amide bonds. The quantitative estimate of drug-likeness (QED) is 0.428. The molecule has 2 heterocycles. The van der Waals surface area contributed by atoms with Crippen molar-refractivity contribution in [1.29, 1.82) is 0 Å². The van der Waals surface area contributed by atoms with Gasteiger partial charge >= 0.3 is 24.1 Å². The minimum Gasteiger partial charge on any atom is -0.458 e. The van der Waals surface area contributed by atoms with Crippen molar-refractivity contribution in [3.8, 4) is 0 Å². The lowest BCUT2D eigenvalue weighted by molar-refractivity contribution is -0.272. The molecule has 2 saturated heterocycles. The van der Waals surface area contributed by atoms with Crippen molar-refractivity contribution < 1.29 is 41.8 Å². The Hall–Kier alpha value is -2.06. The molecule has 3 rings (SSSR count). The van der Waals surface area contributed by atoms with Crippen LogP contribution < -0.4 is 0 Å². The maximum Gasteiger partial charge on any atom is 0.422 e. The minimum absolute atomic E-state index is 0.00515. The Labute approximate surface area is 135 Å². The average molecular weight is 350 g/mol. The van der Waals surface area contributed by atoms with Crippen LogP contribution in [-0.2, 0) is 28.6 Å². The standard InChI is InChI=1S/C15H17F3O6/c1-4-14-5-9(19)23-11(7(14)2)12(14)24-10(20)6-22-13(21)8(3)15(16,17)18/h7,11-12H,3-6H2,1-2H3. The summed E-state index contributed by atoms with van der Waals surface area (Å²) in [4.78, 5) is 34.4. The zero-order chi connectivity index (χ0) is 18.3. The fourth-order valence-corrected chi connectivity index (χ4v) is 3.28. The van der Waals surface area contributed by atoms with E-state index in [0.29, 0.717) is 6.42 Å². The maximum atomic E-state index is 12.3. The lowest BCUT2D eigenvalue weighted by atomic mass is 9.52. The zero-order valence-electron chi connectivity index (χ0n) is 13.1. The van der Waals surface area contributed by atoms with E-state index >= 15 is 0 Å². The van der Waals surface area contributed by atoms with E-state index in [-0.39, 0.29) is 18.3 Å². The molecule has 9 heteroatoms. The Morgan fingerprint density at radius 3 is 2.58 bits per heavy atom. The Morgan fingerprint density at radius 1 is 1.42 bits per heavy atom. The van der Waals surface area contributed by atoms with Gasteiger partial charge in [-0.25, -0.2) is 9.59 Å². The van der Waals surface area contributed by atoms with Crippen LogP contribution in [0.3, 0.4) is 0 Å². The zero-order valence-corrected chi connectivity index (χ0v) is 13.1. The summed E-state index contributed by atoms with van der Waals surface area (Å²) in [6.07, 6.45) is -5.53. The summed E-state index contributed by atoms with van der Waals surface area (Å²) >= 11 is 0. The highest BCUT2D eigenvalue weighted by atomic mass is 19.4. The topological polar surface area (TPSA) is 78.9 Å². The molecule has 134 valence electrons. The third-order valence-corrected chi connectivity index (χ3v) is 4.83. The molecule has 4 unspecified atom stereocenters. The summed E-state index contributed by atoms with van der Waals surface area (Å²) in [5.41, 5.74) is -2.25. The van der Waals surface area contributed by atoms with Gasteiger partial charge in [0.15, 0.2) is 6.61 Å². The van der Waals surface area contributed by atoms with Gasteiger partial charge in [0.05, 0.1) is 6.42 Å². The third kappa shape index (κ3) is 2.99. The lowest BCUT2D eigenvalue weighted by Crippen LogP contribution is -2.70. The minimum atomic E-state index is -4.93. The first-order chi connectivity index (χ1) is 11.0. The van der Waals surface area contributed by atoms with Gasteiger partial charge in [-0.2, -0.15) is 13.2 Å². The fraction of sp³-hybridized carbons (Fsp3) is 0.667. The second kappa shape index (κ2) is 6.10. The summed E-state index contributed by atoms with van der Waals surface area (Å²) in [5.74, 6) is -3.11. The number of alkyl halides is 3. The number of hydrogen-bond acceptors (Lipinski definition) is 6. The second-order valence-electron chi connectivity index (χ2n) is 5.97. The first-order valence-corrected chi connectivity index (χ1v) is 7.35. The van der Waals surface area contributed by atoms with Crippen LogP contribution in [0.15, 0.2) is 12.2 Å². The highest BCUT2D eigenvalue weighted by Gasteiger charge is 2.67. The summed E-state index contributed by atoms with van der Waals surface area (Å²) in [5, 5.41) is 0. The van der Waals surface area contributed by atoms with Gasteiger partial charge in [-0.05, 0) is 6.42 Å². The van der Waals surface area contributed by atoms with Crippen LogP contribution in [-0.4, -0.2) is 42.9 Å².